The van der Waals surface area contributed by atoms with E-state index < -0.39 is 6.04 Å². The van der Waals surface area contributed by atoms with Gasteiger partial charge < -0.3 is 14.8 Å². The van der Waals surface area contributed by atoms with Gasteiger partial charge in [0.15, 0.2) is 17.3 Å². The lowest BCUT2D eigenvalue weighted by atomic mass is 9.73. The molecule has 0 saturated carbocycles. The number of nitrogens with one attached hydrogen (secondary N) is 1. The molecule has 0 fully saturated rings. The van der Waals surface area contributed by atoms with Crippen LogP contribution in [-0.2, 0) is 11.4 Å². The van der Waals surface area contributed by atoms with Crippen LogP contribution in [0.3, 0.4) is 0 Å². The molecule has 0 radical (unpaired) electrons. The van der Waals surface area contributed by atoms with Gasteiger partial charge in [-0.3, -0.25) is 4.79 Å². The third kappa shape index (κ3) is 5.82. The van der Waals surface area contributed by atoms with Gasteiger partial charge in [0.05, 0.1) is 11.1 Å². The number of rotatable bonds is 8. The van der Waals surface area contributed by atoms with Crippen molar-refractivity contribution in [2.24, 2.45) is 5.41 Å². The first kappa shape index (κ1) is 28.3. The summed E-state index contributed by atoms with van der Waals surface area (Å²) in [6.45, 7) is 8.88. The molecule has 0 bridgehead atoms. The highest BCUT2D eigenvalue weighted by molar-refractivity contribution is 9.10. The zero-order chi connectivity index (χ0) is 27.9. The van der Waals surface area contributed by atoms with Gasteiger partial charge in [-0.05, 0) is 70.3 Å². The highest BCUT2D eigenvalue weighted by atomic mass is 79.9. The maximum Gasteiger partial charge on any atom is 0.227 e. The van der Waals surface area contributed by atoms with Crippen LogP contribution in [0.4, 0.5) is 5.95 Å². The van der Waals surface area contributed by atoms with Crippen LogP contribution in [0.2, 0.25) is 10.0 Å². The summed E-state index contributed by atoms with van der Waals surface area (Å²) in [5.74, 6) is 2.69. The summed E-state index contributed by atoms with van der Waals surface area (Å²) in [6, 6.07) is 8.75. The van der Waals surface area contributed by atoms with Gasteiger partial charge in [0.1, 0.15) is 12.6 Å². The van der Waals surface area contributed by atoms with Gasteiger partial charge in [-0.1, -0.05) is 61.8 Å². The fourth-order valence-corrected chi connectivity index (χ4v) is 6.62. The molecular weight excluding hydrogens is 623 g/mol. The molecule has 2 aromatic carbocycles. The largest absolute Gasteiger partial charge is 0.490 e. The van der Waals surface area contributed by atoms with Gasteiger partial charge in [-0.15, -0.1) is 5.10 Å². The van der Waals surface area contributed by atoms with Crippen LogP contribution < -0.4 is 14.8 Å². The third-order valence-electron chi connectivity index (χ3n) is 6.62. The molecule has 1 N–H and O–H groups in total. The molecule has 39 heavy (non-hydrogen) atoms. The monoisotopic (exact) mass is 650 g/mol. The van der Waals surface area contributed by atoms with E-state index >= 15 is 0 Å². The number of halogens is 3. The summed E-state index contributed by atoms with van der Waals surface area (Å²) >= 11 is 17.7. The number of carbonyl (C=O) groups excluding carboxylic acids is 1. The Hall–Kier alpha value is -2.20. The topological polar surface area (TPSA) is 78.3 Å². The van der Waals surface area contributed by atoms with Crippen LogP contribution in [0, 0.1) is 5.41 Å². The van der Waals surface area contributed by atoms with E-state index in [9.17, 15) is 4.79 Å². The maximum atomic E-state index is 13.6. The maximum absolute atomic E-state index is 13.6. The molecule has 7 nitrogen and oxygen atoms in total. The molecule has 11 heteroatoms. The second-order valence-electron chi connectivity index (χ2n) is 10.2. The zero-order valence-electron chi connectivity index (χ0n) is 22.1. The summed E-state index contributed by atoms with van der Waals surface area (Å²) in [4.78, 5) is 18.3. The van der Waals surface area contributed by atoms with Crippen LogP contribution >= 0.6 is 50.9 Å². The minimum Gasteiger partial charge on any atom is -0.490 e. The van der Waals surface area contributed by atoms with Crippen molar-refractivity contribution < 1.29 is 14.3 Å². The van der Waals surface area contributed by atoms with Crippen LogP contribution in [-0.4, -0.2) is 32.9 Å². The number of ketones is 1. The molecule has 1 unspecified atom stereocenters. The van der Waals surface area contributed by atoms with E-state index in [-0.39, 0.29) is 17.8 Å². The fraction of sp³-hybridized carbons (Fsp3) is 0.393. The van der Waals surface area contributed by atoms with E-state index in [0.29, 0.717) is 50.1 Å². The molecule has 5 rings (SSSR count). The lowest BCUT2D eigenvalue weighted by molar-refractivity contribution is -0.118. The Kier molecular flexibility index (Phi) is 8.25. The van der Waals surface area contributed by atoms with E-state index in [1.165, 1.54) is 0 Å². The smallest absolute Gasteiger partial charge is 0.227 e. The standard InChI is InChI=1S/C28H29BrCl2N4O3S/c1-5-37-22-10-16(9-18(29)25(22)38-14-15-7-8-17(30)11-19(15)31)24-23-20(12-28(3,4)13-21(23)36)32-26-33-27(39-6-2)34-35(24)26/h7-11,24H,5-6,12-14H2,1-4H3,(H,32,33,34). The number of thioether (sulfide) groups is 1. The van der Waals surface area contributed by atoms with Crippen molar-refractivity contribution in [3.8, 4) is 11.5 Å². The lowest BCUT2D eigenvalue weighted by Gasteiger charge is -2.38. The zero-order valence-corrected chi connectivity index (χ0v) is 26.0. The van der Waals surface area contributed by atoms with Gasteiger partial charge in [0.25, 0.3) is 0 Å². The second kappa shape index (κ2) is 11.4. The molecule has 206 valence electrons. The van der Waals surface area contributed by atoms with Crippen molar-refractivity contribution in [2.75, 3.05) is 17.7 Å². The van der Waals surface area contributed by atoms with Crippen molar-refractivity contribution >= 4 is 62.6 Å². The SMILES string of the molecule is CCOc1cc(C2C3=C(CC(C)(C)CC3=O)Nc3nc(SCC)nn32)cc(Br)c1OCc1ccc(Cl)cc1Cl. The summed E-state index contributed by atoms with van der Waals surface area (Å²) in [7, 11) is 0. The van der Waals surface area contributed by atoms with Crippen molar-refractivity contribution in [1.29, 1.82) is 0 Å². The predicted octanol–water partition coefficient (Wildman–Crippen LogP) is 8.10. The van der Waals surface area contributed by atoms with Crippen molar-refractivity contribution in [3.05, 3.63) is 67.2 Å². The number of ether oxygens (including phenoxy) is 2. The first-order chi connectivity index (χ1) is 18.6. The average Bonchev–Trinajstić information content (AvgIpc) is 3.24. The molecule has 1 aliphatic heterocycles. The molecule has 3 aromatic rings. The van der Waals surface area contributed by atoms with Crippen molar-refractivity contribution in [1.82, 2.24) is 14.8 Å². The molecule has 0 spiro atoms. The predicted molar refractivity (Wildman–Crippen MR) is 159 cm³/mol. The number of carbonyl (C=O) groups is 1. The van der Waals surface area contributed by atoms with Gasteiger partial charge in [-0.2, -0.15) is 4.98 Å². The molecule has 1 atom stereocenters. The van der Waals surface area contributed by atoms with Crippen LogP contribution in [0.25, 0.3) is 0 Å². The number of aromatic nitrogens is 3. The Bertz CT molecular complexity index is 1470. The first-order valence-corrected chi connectivity index (χ1v) is 15.3. The number of hydrogen-bond donors (Lipinski definition) is 1. The number of hydrogen-bond acceptors (Lipinski definition) is 7. The Morgan fingerprint density at radius 3 is 2.69 bits per heavy atom. The van der Waals surface area contributed by atoms with Crippen LogP contribution in [0.1, 0.15) is 57.7 Å². The first-order valence-electron chi connectivity index (χ1n) is 12.8. The minimum absolute atomic E-state index is 0.108. The molecular formula is C28H29BrCl2N4O3S. The molecule has 0 saturated heterocycles. The van der Waals surface area contributed by atoms with Gasteiger partial charge in [0.2, 0.25) is 11.1 Å². The van der Waals surface area contributed by atoms with Gasteiger partial charge in [0, 0.05) is 33.3 Å². The van der Waals surface area contributed by atoms with E-state index in [4.69, 9.17) is 42.8 Å². The van der Waals surface area contributed by atoms with E-state index in [1.807, 2.05) is 29.8 Å². The lowest BCUT2D eigenvalue weighted by Crippen LogP contribution is -2.36. The quantitative estimate of drug-likeness (QED) is 0.247. The van der Waals surface area contributed by atoms with E-state index in [2.05, 4.69) is 42.0 Å². The average molecular weight is 652 g/mol. The van der Waals surface area contributed by atoms with Crippen molar-refractivity contribution in [2.45, 2.75) is 58.3 Å². The Balaban J connectivity index is 1.58. The van der Waals surface area contributed by atoms with E-state index in [1.54, 1.807) is 23.9 Å². The summed E-state index contributed by atoms with van der Waals surface area (Å²) in [5, 5.41) is 9.97. The second-order valence-corrected chi connectivity index (χ2v) is 13.2. The Morgan fingerprint density at radius 1 is 1.18 bits per heavy atom. The molecule has 1 aromatic heterocycles. The minimum atomic E-state index is -0.450. The van der Waals surface area contributed by atoms with Gasteiger partial charge >= 0.3 is 0 Å². The molecule has 0 amide bonds. The fourth-order valence-electron chi connectivity index (χ4n) is 5.03. The highest BCUT2D eigenvalue weighted by Gasteiger charge is 2.42. The van der Waals surface area contributed by atoms with E-state index in [0.717, 1.165) is 34.6 Å². The summed E-state index contributed by atoms with van der Waals surface area (Å²) < 4.78 is 14.8. The molecule has 2 aliphatic rings. The molecule has 1 aliphatic carbocycles. The van der Waals surface area contributed by atoms with Crippen LogP contribution in [0.5, 0.6) is 11.5 Å². The normalized spacial score (nSPS) is 17.9. The highest BCUT2D eigenvalue weighted by Crippen LogP contribution is 2.48. The summed E-state index contributed by atoms with van der Waals surface area (Å²) in [6.07, 6.45) is 1.21. The number of nitrogens with zero attached hydrogens (tertiary/aromatic N) is 3. The van der Waals surface area contributed by atoms with Crippen LogP contribution in [0.15, 0.2) is 51.2 Å². The number of benzene rings is 2. The third-order valence-corrected chi connectivity index (χ3v) is 8.52. The number of Topliss-reactive ketones (excluding diaryl/α,β-unsaturated/α-hetero) is 1. The van der Waals surface area contributed by atoms with Gasteiger partial charge in [-0.25, -0.2) is 4.68 Å². The summed E-state index contributed by atoms with van der Waals surface area (Å²) in [5.41, 5.74) is 3.13. The number of fused-ring (bicyclic) bond motifs is 1. The number of allylic oxidation sites excluding steroid dienone is 2. The molecule has 2 heterocycles. The Morgan fingerprint density at radius 2 is 1.97 bits per heavy atom. The Labute approximate surface area is 250 Å². The number of anilines is 1. The van der Waals surface area contributed by atoms with Crippen molar-refractivity contribution in [3.63, 3.8) is 0 Å².